The van der Waals surface area contributed by atoms with Crippen molar-refractivity contribution >= 4 is 46.4 Å². The van der Waals surface area contributed by atoms with Gasteiger partial charge in [-0.15, -0.1) is 24.0 Å². The standard InChI is InChI=1S/C20H36N4OS.HI/c1-6-21-19(23-15-17-26(25)20(3,4)5)22-14-11-16-24(7-2)18-12-9-8-10-13-18;/h8-10,12-13H,6-7,11,14-17H2,1-5H3,(H2,21,22,23);1H. The minimum Gasteiger partial charge on any atom is -0.372 e. The fraction of sp³-hybridized carbons (Fsp3) is 0.650. The van der Waals surface area contributed by atoms with E-state index in [-0.39, 0.29) is 28.7 Å². The van der Waals surface area contributed by atoms with Crippen LogP contribution in [0.5, 0.6) is 0 Å². The second kappa shape index (κ2) is 14.2. The van der Waals surface area contributed by atoms with E-state index in [9.17, 15) is 4.21 Å². The van der Waals surface area contributed by atoms with E-state index in [0.29, 0.717) is 12.3 Å². The predicted molar refractivity (Wildman–Crippen MR) is 131 cm³/mol. The van der Waals surface area contributed by atoms with E-state index in [2.05, 4.69) is 58.6 Å². The van der Waals surface area contributed by atoms with Crippen LogP contribution in [0.25, 0.3) is 0 Å². The molecule has 156 valence electrons. The van der Waals surface area contributed by atoms with Gasteiger partial charge in [0.1, 0.15) is 0 Å². The molecule has 2 N–H and O–H groups in total. The maximum absolute atomic E-state index is 12.1. The van der Waals surface area contributed by atoms with Crippen molar-refractivity contribution in [3.63, 3.8) is 0 Å². The highest BCUT2D eigenvalue weighted by Gasteiger charge is 2.18. The third kappa shape index (κ3) is 10.9. The Bertz CT molecular complexity index is 561. The monoisotopic (exact) mass is 508 g/mol. The van der Waals surface area contributed by atoms with Crippen LogP contribution < -0.4 is 15.5 Å². The quantitative estimate of drug-likeness (QED) is 0.220. The summed E-state index contributed by atoms with van der Waals surface area (Å²) < 4.78 is 11.9. The number of nitrogens with one attached hydrogen (secondary N) is 2. The lowest BCUT2D eigenvalue weighted by Gasteiger charge is -2.22. The highest BCUT2D eigenvalue weighted by Crippen LogP contribution is 2.13. The number of benzene rings is 1. The number of hydrogen-bond acceptors (Lipinski definition) is 3. The van der Waals surface area contributed by atoms with Gasteiger partial charge in [0, 0.05) is 59.7 Å². The van der Waals surface area contributed by atoms with Crippen molar-refractivity contribution in [2.75, 3.05) is 43.4 Å². The fourth-order valence-corrected chi connectivity index (χ4v) is 3.37. The second-order valence-electron chi connectivity index (χ2n) is 7.12. The summed E-state index contributed by atoms with van der Waals surface area (Å²) in [4.78, 5) is 7.00. The Morgan fingerprint density at radius 2 is 1.81 bits per heavy atom. The number of halogens is 1. The first-order valence-corrected chi connectivity index (χ1v) is 10.9. The largest absolute Gasteiger partial charge is 0.372 e. The number of anilines is 1. The van der Waals surface area contributed by atoms with Gasteiger partial charge in [0.25, 0.3) is 0 Å². The zero-order valence-electron chi connectivity index (χ0n) is 17.5. The van der Waals surface area contributed by atoms with Gasteiger partial charge in [-0.2, -0.15) is 0 Å². The number of hydrogen-bond donors (Lipinski definition) is 2. The lowest BCUT2D eigenvalue weighted by molar-refractivity contribution is 0.647. The summed E-state index contributed by atoms with van der Waals surface area (Å²) >= 11 is 0. The lowest BCUT2D eigenvalue weighted by atomic mass is 10.2. The summed E-state index contributed by atoms with van der Waals surface area (Å²) in [6.45, 7) is 14.5. The van der Waals surface area contributed by atoms with Gasteiger partial charge in [0.05, 0.1) is 0 Å². The number of aliphatic imine (C=N–C) groups is 1. The Labute approximate surface area is 185 Å². The van der Waals surface area contributed by atoms with Crippen LogP contribution in [0.2, 0.25) is 0 Å². The van der Waals surface area contributed by atoms with Crippen LogP contribution >= 0.6 is 24.0 Å². The molecule has 0 amide bonds. The third-order valence-corrected chi connectivity index (χ3v) is 5.91. The maximum Gasteiger partial charge on any atom is 0.191 e. The Hall–Kier alpha value is -0.830. The molecule has 0 radical (unpaired) electrons. The molecule has 0 aliphatic rings. The molecule has 1 aromatic rings. The first kappa shape index (κ1) is 26.2. The van der Waals surface area contributed by atoms with Crippen molar-refractivity contribution in [2.45, 2.75) is 45.8 Å². The van der Waals surface area contributed by atoms with Crippen LogP contribution in [-0.4, -0.2) is 53.4 Å². The van der Waals surface area contributed by atoms with Crippen LogP contribution in [0.4, 0.5) is 5.69 Å². The van der Waals surface area contributed by atoms with Crippen LogP contribution in [0.1, 0.15) is 41.0 Å². The number of nitrogens with zero attached hydrogens (tertiary/aromatic N) is 2. The smallest absolute Gasteiger partial charge is 0.191 e. The molecule has 0 aromatic heterocycles. The van der Waals surface area contributed by atoms with E-state index in [4.69, 9.17) is 0 Å². The Balaban J connectivity index is 0.00000676. The highest BCUT2D eigenvalue weighted by atomic mass is 127. The van der Waals surface area contributed by atoms with Crippen LogP contribution in [0.3, 0.4) is 0 Å². The van der Waals surface area contributed by atoms with E-state index < -0.39 is 10.8 Å². The number of guanidine groups is 1. The molecule has 27 heavy (non-hydrogen) atoms. The minimum absolute atomic E-state index is 0. The minimum atomic E-state index is -0.846. The molecule has 1 atom stereocenters. The first-order valence-electron chi connectivity index (χ1n) is 9.59. The van der Waals surface area contributed by atoms with E-state index in [1.54, 1.807) is 0 Å². The molecular weight excluding hydrogens is 471 g/mol. The molecule has 1 unspecified atom stereocenters. The second-order valence-corrected chi connectivity index (χ2v) is 9.44. The number of rotatable bonds is 10. The van der Waals surface area contributed by atoms with Crippen LogP contribution in [0.15, 0.2) is 35.3 Å². The van der Waals surface area contributed by atoms with Crippen molar-refractivity contribution in [1.82, 2.24) is 10.6 Å². The predicted octanol–water partition coefficient (Wildman–Crippen LogP) is 3.62. The van der Waals surface area contributed by atoms with Gasteiger partial charge in [0.2, 0.25) is 0 Å². The highest BCUT2D eigenvalue weighted by molar-refractivity contribution is 14.0. The molecule has 0 bridgehead atoms. The van der Waals surface area contributed by atoms with Gasteiger partial charge >= 0.3 is 0 Å². The maximum atomic E-state index is 12.1. The topological polar surface area (TPSA) is 56.7 Å². The Morgan fingerprint density at radius 1 is 1.15 bits per heavy atom. The molecule has 1 rings (SSSR count). The summed E-state index contributed by atoms with van der Waals surface area (Å²) in [5.74, 6) is 1.44. The van der Waals surface area contributed by atoms with Crippen LogP contribution in [0, 0.1) is 0 Å². The Kier molecular flexibility index (Phi) is 13.8. The summed E-state index contributed by atoms with van der Waals surface area (Å²) in [7, 11) is -0.846. The molecule has 0 heterocycles. The molecule has 0 saturated heterocycles. The fourth-order valence-electron chi connectivity index (χ4n) is 2.47. The SMILES string of the molecule is CCNC(=NCCCN(CC)c1ccccc1)NCCS(=O)C(C)(C)C.I. The van der Waals surface area contributed by atoms with Gasteiger partial charge in [0.15, 0.2) is 5.96 Å². The zero-order valence-corrected chi connectivity index (χ0v) is 20.6. The first-order chi connectivity index (χ1) is 12.4. The molecular formula is C20H37IN4OS. The average Bonchev–Trinajstić information content (AvgIpc) is 2.61. The molecule has 1 aromatic carbocycles. The van der Waals surface area contributed by atoms with Crippen molar-refractivity contribution in [2.24, 2.45) is 4.99 Å². The van der Waals surface area contributed by atoms with Gasteiger partial charge in [-0.05, 0) is 53.2 Å². The van der Waals surface area contributed by atoms with Gasteiger partial charge in [-0.25, -0.2) is 0 Å². The van der Waals surface area contributed by atoms with Crippen molar-refractivity contribution in [1.29, 1.82) is 0 Å². The van der Waals surface area contributed by atoms with E-state index in [1.807, 2.05) is 26.8 Å². The summed E-state index contributed by atoms with van der Waals surface area (Å²) in [5.41, 5.74) is 1.26. The van der Waals surface area contributed by atoms with Crippen molar-refractivity contribution in [3.05, 3.63) is 30.3 Å². The summed E-state index contributed by atoms with van der Waals surface area (Å²) in [6.07, 6.45) is 0.993. The number of para-hydroxylation sites is 1. The zero-order chi connectivity index (χ0) is 19.4. The van der Waals surface area contributed by atoms with Crippen molar-refractivity contribution < 1.29 is 4.21 Å². The summed E-state index contributed by atoms with van der Waals surface area (Å²) in [5, 5.41) is 6.54. The summed E-state index contributed by atoms with van der Waals surface area (Å²) in [6, 6.07) is 10.5. The van der Waals surface area contributed by atoms with Gasteiger partial charge in [-0.3, -0.25) is 9.20 Å². The molecule has 7 heteroatoms. The molecule has 0 saturated carbocycles. The average molecular weight is 509 g/mol. The molecule has 5 nitrogen and oxygen atoms in total. The molecule has 0 spiro atoms. The Morgan fingerprint density at radius 3 is 2.37 bits per heavy atom. The van der Waals surface area contributed by atoms with Gasteiger partial charge in [-0.1, -0.05) is 18.2 Å². The lowest BCUT2D eigenvalue weighted by Crippen LogP contribution is -2.40. The van der Waals surface area contributed by atoms with E-state index >= 15 is 0 Å². The van der Waals surface area contributed by atoms with Crippen LogP contribution in [-0.2, 0) is 10.8 Å². The van der Waals surface area contributed by atoms with E-state index in [1.165, 1.54) is 5.69 Å². The third-order valence-electron chi connectivity index (χ3n) is 3.97. The molecule has 0 fully saturated rings. The van der Waals surface area contributed by atoms with Crippen molar-refractivity contribution in [3.8, 4) is 0 Å². The molecule has 0 aliphatic carbocycles. The van der Waals surface area contributed by atoms with E-state index in [0.717, 1.165) is 38.6 Å². The molecule has 0 aliphatic heterocycles. The normalized spacial score (nSPS) is 12.9. The van der Waals surface area contributed by atoms with Gasteiger partial charge < -0.3 is 15.5 Å².